The maximum absolute atomic E-state index is 11.9. The van der Waals surface area contributed by atoms with Crippen molar-refractivity contribution in [2.45, 2.75) is 50.3 Å². The molecule has 1 aromatic carbocycles. The summed E-state index contributed by atoms with van der Waals surface area (Å²) in [7, 11) is -3.11. The Morgan fingerprint density at radius 1 is 1.06 bits per heavy atom. The lowest BCUT2D eigenvalue weighted by Gasteiger charge is -2.03. The van der Waals surface area contributed by atoms with Gasteiger partial charge in [0, 0.05) is 6.07 Å². The van der Waals surface area contributed by atoms with Gasteiger partial charge in [-0.3, -0.25) is 0 Å². The van der Waals surface area contributed by atoms with Crippen LogP contribution in [0.3, 0.4) is 0 Å². The summed E-state index contributed by atoms with van der Waals surface area (Å²) in [6, 6.07) is 9.57. The molecule has 1 radical (unpaired) electrons. The molecule has 95 valence electrons. The van der Waals surface area contributed by atoms with Gasteiger partial charge in [-0.25, -0.2) is 8.42 Å². The second-order valence-corrected chi connectivity index (χ2v) is 6.39. The fraction of sp³-hybridized carbons (Fsp3) is 0.571. The van der Waals surface area contributed by atoms with Gasteiger partial charge in [0.1, 0.15) is 0 Å². The van der Waals surface area contributed by atoms with Crippen LogP contribution in [0.5, 0.6) is 0 Å². The Balaban J connectivity index is 2.31. The van der Waals surface area contributed by atoms with E-state index in [1.807, 2.05) is 0 Å². The average molecular weight is 253 g/mol. The van der Waals surface area contributed by atoms with Crippen LogP contribution in [0.25, 0.3) is 0 Å². The Bertz CT molecular complexity index is 395. The lowest BCUT2D eigenvalue weighted by Crippen LogP contribution is -2.06. The van der Waals surface area contributed by atoms with Crippen molar-refractivity contribution in [3.8, 4) is 0 Å². The molecular formula is C14H21O2S. The van der Waals surface area contributed by atoms with Gasteiger partial charge in [0.25, 0.3) is 0 Å². The van der Waals surface area contributed by atoms with Crippen LogP contribution in [0.15, 0.2) is 29.2 Å². The van der Waals surface area contributed by atoms with Gasteiger partial charge in [0.15, 0.2) is 9.84 Å². The molecule has 0 aliphatic heterocycles. The van der Waals surface area contributed by atoms with Crippen molar-refractivity contribution >= 4 is 9.84 Å². The molecule has 2 nitrogen and oxygen atoms in total. The van der Waals surface area contributed by atoms with Gasteiger partial charge in [0.2, 0.25) is 0 Å². The minimum Gasteiger partial charge on any atom is -0.224 e. The topological polar surface area (TPSA) is 34.1 Å². The van der Waals surface area contributed by atoms with Crippen LogP contribution in [0, 0.1) is 6.07 Å². The molecule has 0 atom stereocenters. The van der Waals surface area contributed by atoms with Crippen molar-refractivity contribution in [2.75, 3.05) is 5.75 Å². The first kappa shape index (κ1) is 14.2. The van der Waals surface area contributed by atoms with E-state index in [-0.39, 0.29) is 5.75 Å². The summed E-state index contributed by atoms with van der Waals surface area (Å²) in [5, 5.41) is 0. The molecule has 3 heteroatoms. The molecule has 0 amide bonds. The molecule has 0 saturated heterocycles. The molecule has 1 aromatic rings. The summed E-state index contributed by atoms with van der Waals surface area (Å²) in [5.41, 5.74) is 0. The lowest BCUT2D eigenvalue weighted by molar-refractivity contribution is 0.583. The van der Waals surface area contributed by atoms with E-state index in [9.17, 15) is 8.42 Å². The summed E-state index contributed by atoms with van der Waals surface area (Å²) < 4.78 is 23.8. The zero-order valence-electron chi connectivity index (χ0n) is 10.5. The highest BCUT2D eigenvalue weighted by atomic mass is 32.2. The first-order valence-electron chi connectivity index (χ1n) is 6.36. The van der Waals surface area contributed by atoms with Gasteiger partial charge >= 0.3 is 0 Å². The molecule has 0 saturated carbocycles. The first-order valence-corrected chi connectivity index (χ1v) is 8.01. The fourth-order valence-corrected chi connectivity index (χ4v) is 3.09. The minimum atomic E-state index is -3.11. The standard InChI is InChI=1S/C14H21O2S/c1-2-3-4-5-6-10-13-17(15,16)14-11-8-7-9-12-14/h7-9,11H,2-6,10,13H2,1H3. The predicted octanol–water partition coefficient (Wildman–Crippen LogP) is 3.62. The smallest absolute Gasteiger partial charge is 0.178 e. The molecule has 0 N–H and O–H groups in total. The Morgan fingerprint density at radius 3 is 2.41 bits per heavy atom. The quantitative estimate of drug-likeness (QED) is 0.663. The fourth-order valence-electron chi connectivity index (χ4n) is 1.75. The highest BCUT2D eigenvalue weighted by molar-refractivity contribution is 7.91. The normalized spacial score (nSPS) is 11.6. The van der Waals surface area contributed by atoms with Crippen LogP contribution in [0.1, 0.15) is 45.4 Å². The molecular weight excluding hydrogens is 232 g/mol. The number of hydrogen-bond donors (Lipinski definition) is 0. The molecule has 1 rings (SSSR count). The Hall–Kier alpha value is -0.830. The molecule has 0 fully saturated rings. The third kappa shape index (κ3) is 5.35. The maximum Gasteiger partial charge on any atom is 0.178 e. The third-order valence-corrected chi connectivity index (χ3v) is 4.53. The van der Waals surface area contributed by atoms with E-state index < -0.39 is 9.84 Å². The van der Waals surface area contributed by atoms with E-state index in [4.69, 9.17) is 0 Å². The van der Waals surface area contributed by atoms with Crippen molar-refractivity contribution in [1.82, 2.24) is 0 Å². The van der Waals surface area contributed by atoms with Crippen molar-refractivity contribution in [3.63, 3.8) is 0 Å². The average Bonchev–Trinajstić information content (AvgIpc) is 2.35. The molecule has 0 bridgehead atoms. The van der Waals surface area contributed by atoms with Crippen molar-refractivity contribution in [1.29, 1.82) is 0 Å². The number of rotatable bonds is 8. The number of hydrogen-bond acceptors (Lipinski definition) is 2. The molecule has 0 aromatic heterocycles. The molecule has 0 unspecified atom stereocenters. The van der Waals surface area contributed by atoms with Gasteiger partial charge in [-0.1, -0.05) is 57.2 Å². The van der Waals surface area contributed by atoms with E-state index in [1.54, 1.807) is 24.3 Å². The SMILES string of the molecule is CCCCCCCCS(=O)(=O)c1[c]cccc1. The van der Waals surface area contributed by atoms with E-state index in [1.165, 1.54) is 19.3 Å². The summed E-state index contributed by atoms with van der Waals surface area (Å²) in [6.45, 7) is 2.18. The predicted molar refractivity (Wildman–Crippen MR) is 70.7 cm³/mol. The van der Waals surface area contributed by atoms with Crippen molar-refractivity contribution in [2.24, 2.45) is 0 Å². The minimum absolute atomic E-state index is 0.250. The first-order chi connectivity index (χ1) is 8.17. The molecule has 0 heterocycles. The number of sulfone groups is 1. The molecule has 0 aliphatic carbocycles. The lowest BCUT2D eigenvalue weighted by atomic mass is 10.1. The van der Waals surface area contributed by atoms with Crippen molar-refractivity contribution < 1.29 is 8.42 Å². The summed E-state index contributed by atoms with van der Waals surface area (Å²) in [5.74, 6) is 0.250. The highest BCUT2D eigenvalue weighted by Crippen LogP contribution is 2.13. The van der Waals surface area contributed by atoms with Crippen molar-refractivity contribution in [3.05, 3.63) is 30.3 Å². The summed E-state index contributed by atoms with van der Waals surface area (Å²) in [4.78, 5) is 0.327. The maximum atomic E-state index is 11.9. The zero-order chi connectivity index (χ0) is 12.6. The second kappa shape index (κ2) is 7.49. The van der Waals surface area contributed by atoms with Crippen LogP contribution in [-0.4, -0.2) is 14.2 Å². The van der Waals surface area contributed by atoms with Crippen LogP contribution in [0.4, 0.5) is 0 Å². The summed E-state index contributed by atoms with van der Waals surface area (Å²) >= 11 is 0. The molecule has 0 spiro atoms. The van der Waals surface area contributed by atoms with Crippen LogP contribution in [0.2, 0.25) is 0 Å². The monoisotopic (exact) mass is 253 g/mol. The van der Waals surface area contributed by atoms with E-state index in [0.29, 0.717) is 4.90 Å². The van der Waals surface area contributed by atoms with Crippen LogP contribution >= 0.6 is 0 Å². The van der Waals surface area contributed by atoms with Gasteiger partial charge in [-0.15, -0.1) is 0 Å². The van der Waals surface area contributed by atoms with Gasteiger partial charge in [-0.2, -0.15) is 0 Å². The number of unbranched alkanes of at least 4 members (excludes halogenated alkanes) is 5. The van der Waals surface area contributed by atoms with Gasteiger partial charge in [-0.05, 0) is 12.5 Å². The molecule has 0 aliphatic rings. The van der Waals surface area contributed by atoms with E-state index in [2.05, 4.69) is 13.0 Å². The second-order valence-electron chi connectivity index (χ2n) is 4.31. The third-order valence-electron chi connectivity index (χ3n) is 2.78. The zero-order valence-corrected chi connectivity index (χ0v) is 11.3. The summed E-state index contributed by atoms with van der Waals surface area (Å²) in [6.07, 6.45) is 6.59. The van der Waals surface area contributed by atoms with Crippen LogP contribution in [-0.2, 0) is 9.84 Å². The number of benzene rings is 1. The van der Waals surface area contributed by atoms with Gasteiger partial charge < -0.3 is 0 Å². The largest absolute Gasteiger partial charge is 0.224 e. The van der Waals surface area contributed by atoms with E-state index >= 15 is 0 Å². The van der Waals surface area contributed by atoms with E-state index in [0.717, 1.165) is 19.3 Å². The molecule has 17 heavy (non-hydrogen) atoms. The Labute approximate surface area is 105 Å². The Morgan fingerprint density at radius 2 is 1.76 bits per heavy atom. The van der Waals surface area contributed by atoms with Gasteiger partial charge in [0.05, 0.1) is 10.6 Å². The van der Waals surface area contributed by atoms with Crippen LogP contribution < -0.4 is 0 Å². The Kier molecular flexibility index (Phi) is 6.27. The highest BCUT2D eigenvalue weighted by Gasteiger charge is 2.12.